The number of rotatable bonds is 6. The lowest BCUT2D eigenvalue weighted by Gasteiger charge is -2.14. The molecule has 84 valence electrons. The van der Waals surface area contributed by atoms with Gasteiger partial charge in [0.2, 0.25) is 0 Å². The molecule has 0 aliphatic heterocycles. The number of hydrogen-bond donors (Lipinski definition) is 1. The number of ether oxygens (including phenoxy) is 1. The van der Waals surface area contributed by atoms with E-state index in [1.165, 1.54) is 6.07 Å². The minimum atomic E-state index is -0.166. The molecule has 0 saturated carbocycles. The predicted octanol–water partition coefficient (Wildman–Crippen LogP) is 1.99. The predicted molar refractivity (Wildman–Crippen MR) is 59.4 cm³/mol. The minimum absolute atomic E-state index is 0.166. The van der Waals surface area contributed by atoms with E-state index in [4.69, 9.17) is 4.74 Å². The van der Waals surface area contributed by atoms with Crippen LogP contribution in [0.2, 0.25) is 0 Å². The monoisotopic (exact) mass is 211 g/mol. The van der Waals surface area contributed by atoms with Gasteiger partial charge in [-0.1, -0.05) is 12.1 Å². The summed E-state index contributed by atoms with van der Waals surface area (Å²) in [4.78, 5) is 0. The highest BCUT2D eigenvalue weighted by molar-refractivity contribution is 5.16. The normalized spacial score (nSPS) is 12.7. The molecule has 1 unspecified atom stereocenters. The van der Waals surface area contributed by atoms with Crippen LogP contribution >= 0.6 is 0 Å². The number of benzene rings is 1. The third kappa shape index (κ3) is 4.40. The Morgan fingerprint density at radius 2 is 2.27 bits per heavy atom. The fraction of sp³-hybridized carbons (Fsp3) is 0.500. The first-order valence-corrected chi connectivity index (χ1v) is 5.17. The van der Waals surface area contributed by atoms with Crippen molar-refractivity contribution in [3.05, 3.63) is 35.6 Å². The van der Waals surface area contributed by atoms with Gasteiger partial charge < -0.3 is 10.1 Å². The summed E-state index contributed by atoms with van der Waals surface area (Å²) in [6, 6.07) is 7.07. The molecule has 0 aromatic heterocycles. The number of halogens is 1. The first-order valence-electron chi connectivity index (χ1n) is 5.17. The van der Waals surface area contributed by atoms with Gasteiger partial charge in [-0.2, -0.15) is 0 Å². The average Bonchev–Trinajstić information content (AvgIpc) is 2.24. The fourth-order valence-electron chi connectivity index (χ4n) is 1.55. The summed E-state index contributed by atoms with van der Waals surface area (Å²) < 4.78 is 18.0. The summed E-state index contributed by atoms with van der Waals surface area (Å²) in [5.74, 6) is -0.166. The van der Waals surface area contributed by atoms with E-state index in [1.807, 2.05) is 13.1 Å². The molecule has 1 atom stereocenters. The molecule has 0 heterocycles. The van der Waals surface area contributed by atoms with Crippen molar-refractivity contribution in [1.82, 2.24) is 5.32 Å². The third-order valence-corrected chi connectivity index (χ3v) is 2.45. The number of nitrogens with one attached hydrogen (secondary N) is 1. The largest absolute Gasteiger partial charge is 0.383 e. The Morgan fingerprint density at radius 3 is 2.87 bits per heavy atom. The second-order valence-electron chi connectivity index (χ2n) is 3.61. The third-order valence-electron chi connectivity index (χ3n) is 2.45. The van der Waals surface area contributed by atoms with Gasteiger partial charge >= 0.3 is 0 Å². The summed E-state index contributed by atoms with van der Waals surface area (Å²) in [5.41, 5.74) is 1.03. The van der Waals surface area contributed by atoms with E-state index in [2.05, 4.69) is 5.32 Å². The lowest BCUT2D eigenvalue weighted by atomic mass is 10.1. The zero-order valence-corrected chi connectivity index (χ0v) is 9.29. The zero-order valence-electron chi connectivity index (χ0n) is 9.29. The van der Waals surface area contributed by atoms with Crippen LogP contribution in [0.3, 0.4) is 0 Å². The van der Waals surface area contributed by atoms with Crippen LogP contribution in [0.25, 0.3) is 0 Å². The molecule has 15 heavy (non-hydrogen) atoms. The molecule has 0 bridgehead atoms. The maximum Gasteiger partial charge on any atom is 0.123 e. The van der Waals surface area contributed by atoms with E-state index in [0.29, 0.717) is 12.6 Å². The molecule has 1 aromatic carbocycles. The molecule has 0 fully saturated rings. The molecule has 1 N–H and O–H groups in total. The van der Waals surface area contributed by atoms with Crippen molar-refractivity contribution < 1.29 is 9.13 Å². The number of likely N-dealkylation sites (N-methyl/N-ethyl adjacent to an activating group) is 1. The summed E-state index contributed by atoms with van der Waals surface area (Å²) in [6.45, 7) is 0.686. The lowest BCUT2D eigenvalue weighted by Crippen LogP contribution is -2.30. The molecule has 3 heteroatoms. The molecule has 0 radical (unpaired) electrons. The highest BCUT2D eigenvalue weighted by Gasteiger charge is 2.05. The fourth-order valence-corrected chi connectivity index (χ4v) is 1.55. The van der Waals surface area contributed by atoms with Crippen LogP contribution in [-0.2, 0) is 11.2 Å². The molecule has 0 aliphatic carbocycles. The number of methoxy groups -OCH3 is 1. The first kappa shape index (κ1) is 12.1. The van der Waals surface area contributed by atoms with Gasteiger partial charge in [-0.05, 0) is 37.6 Å². The molecular formula is C12H18FNO. The molecule has 0 amide bonds. The summed E-state index contributed by atoms with van der Waals surface area (Å²) in [5, 5.41) is 3.17. The quantitative estimate of drug-likeness (QED) is 0.777. The summed E-state index contributed by atoms with van der Waals surface area (Å²) in [7, 11) is 3.60. The van der Waals surface area contributed by atoms with Crippen LogP contribution in [0.1, 0.15) is 12.0 Å². The maximum absolute atomic E-state index is 12.9. The van der Waals surface area contributed by atoms with Crippen LogP contribution in [0, 0.1) is 5.82 Å². The van der Waals surface area contributed by atoms with E-state index in [0.717, 1.165) is 18.4 Å². The highest BCUT2D eigenvalue weighted by Crippen LogP contribution is 2.07. The van der Waals surface area contributed by atoms with Crippen LogP contribution in [0.15, 0.2) is 24.3 Å². The Balaban J connectivity index is 2.41. The Kier molecular flexibility index (Phi) is 5.29. The van der Waals surface area contributed by atoms with Gasteiger partial charge in [0.15, 0.2) is 0 Å². The number of hydrogen-bond acceptors (Lipinski definition) is 2. The topological polar surface area (TPSA) is 21.3 Å². The maximum atomic E-state index is 12.9. The van der Waals surface area contributed by atoms with Crippen molar-refractivity contribution in [1.29, 1.82) is 0 Å². The molecule has 2 nitrogen and oxygen atoms in total. The average molecular weight is 211 g/mol. The molecule has 0 spiro atoms. The Bertz CT molecular complexity index is 291. The highest BCUT2D eigenvalue weighted by atomic mass is 19.1. The van der Waals surface area contributed by atoms with E-state index in [-0.39, 0.29) is 5.82 Å². The lowest BCUT2D eigenvalue weighted by molar-refractivity contribution is 0.166. The Hall–Kier alpha value is -0.930. The number of aryl methyl sites for hydroxylation is 1. The van der Waals surface area contributed by atoms with Crippen molar-refractivity contribution in [3.63, 3.8) is 0 Å². The van der Waals surface area contributed by atoms with Crippen molar-refractivity contribution in [3.8, 4) is 0 Å². The second kappa shape index (κ2) is 6.53. The smallest absolute Gasteiger partial charge is 0.123 e. The van der Waals surface area contributed by atoms with Gasteiger partial charge in [0, 0.05) is 13.2 Å². The molecule has 1 rings (SSSR count). The Labute approximate surface area is 90.4 Å². The standard InChI is InChI=1S/C12H18FNO/c1-14-12(9-15-2)7-6-10-4-3-5-11(13)8-10/h3-5,8,12,14H,6-7,9H2,1-2H3. The van der Waals surface area contributed by atoms with E-state index in [1.54, 1.807) is 19.2 Å². The van der Waals surface area contributed by atoms with Gasteiger partial charge in [-0.25, -0.2) is 4.39 Å². The SMILES string of the molecule is CNC(CCc1cccc(F)c1)COC. The van der Waals surface area contributed by atoms with Gasteiger partial charge in [0.05, 0.1) is 6.61 Å². The van der Waals surface area contributed by atoms with Gasteiger partial charge in [-0.15, -0.1) is 0 Å². The Morgan fingerprint density at radius 1 is 1.47 bits per heavy atom. The van der Waals surface area contributed by atoms with E-state index >= 15 is 0 Å². The van der Waals surface area contributed by atoms with Crippen LogP contribution in [0.4, 0.5) is 4.39 Å². The molecule has 1 aromatic rings. The zero-order chi connectivity index (χ0) is 11.1. The summed E-state index contributed by atoms with van der Waals surface area (Å²) in [6.07, 6.45) is 1.82. The van der Waals surface area contributed by atoms with Gasteiger partial charge in [0.25, 0.3) is 0 Å². The van der Waals surface area contributed by atoms with E-state index in [9.17, 15) is 4.39 Å². The van der Waals surface area contributed by atoms with Crippen LogP contribution < -0.4 is 5.32 Å². The summed E-state index contributed by atoms with van der Waals surface area (Å²) >= 11 is 0. The minimum Gasteiger partial charge on any atom is -0.383 e. The van der Waals surface area contributed by atoms with E-state index < -0.39 is 0 Å². The molecule has 0 saturated heterocycles. The van der Waals surface area contributed by atoms with Crippen LogP contribution in [-0.4, -0.2) is 26.8 Å². The van der Waals surface area contributed by atoms with Crippen molar-refractivity contribution in [2.24, 2.45) is 0 Å². The van der Waals surface area contributed by atoms with Gasteiger partial charge in [0.1, 0.15) is 5.82 Å². The van der Waals surface area contributed by atoms with Crippen LogP contribution in [0.5, 0.6) is 0 Å². The molecule has 0 aliphatic rings. The van der Waals surface area contributed by atoms with Crippen molar-refractivity contribution in [2.45, 2.75) is 18.9 Å². The molecular weight excluding hydrogens is 193 g/mol. The van der Waals surface area contributed by atoms with Crippen molar-refractivity contribution in [2.75, 3.05) is 20.8 Å². The second-order valence-corrected chi connectivity index (χ2v) is 3.61. The van der Waals surface area contributed by atoms with Gasteiger partial charge in [-0.3, -0.25) is 0 Å². The van der Waals surface area contributed by atoms with Crippen molar-refractivity contribution >= 4 is 0 Å². The first-order chi connectivity index (χ1) is 7.26.